The lowest BCUT2D eigenvalue weighted by Gasteiger charge is -2.22. The quantitative estimate of drug-likeness (QED) is 0.816. The van der Waals surface area contributed by atoms with E-state index in [9.17, 15) is 14.7 Å². The highest BCUT2D eigenvalue weighted by atomic mass is 16.3. The van der Waals surface area contributed by atoms with Gasteiger partial charge in [0.1, 0.15) is 5.76 Å². The SMILES string of the molecule is CCCCN1C(=O)[C@](O)(CC(=O)c2c(C)coc2C)c2ccccc21. The van der Waals surface area contributed by atoms with Crippen molar-refractivity contribution in [1.82, 2.24) is 0 Å². The predicted molar refractivity (Wildman–Crippen MR) is 94.7 cm³/mol. The van der Waals surface area contributed by atoms with Gasteiger partial charge in [0, 0.05) is 12.1 Å². The number of hydrogen-bond donors (Lipinski definition) is 1. The second-order valence-corrected chi connectivity index (χ2v) is 6.64. The molecule has 25 heavy (non-hydrogen) atoms. The molecule has 0 radical (unpaired) electrons. The summed E-state index contributed by atoms with van der Waals surface area (Å²) >= 11 is 0. The van der Waals surface area contributed by atoms with E-state index < -0.39 is 11.5 Å². The van der Waals surface area contributed by atoms with E-state index in [0.29, 0.717) is 34.7 Å². The van der Waals surface area contributed by atoms with Gasteiger partial charge in [-0.25, -0.2) is 0 Å². The number of anilines is 1. The van der Waals surface area contributed by atoms with Crippen molar-refractivity contribution in [2.75, 3.05) is 11.4 Å². The molecule has 132 valence electrons. The maximum atomic E-state index is 13.0. The van der Waals surface area contributed by atoms with Crippen molar-refractivity contribution in [3.63, 3.8) is 0 Å². The van der Waals surface area contributed by atoms with Crippen LogP contribution in [0.2, 0.25) is 0 Å². The summed E-state index contributed by atoms with van der Waals surface area (Å²) in [6.07, 6.45) is 3.01. The van der Waals surface area contributed by atoms with Gasteiger partial charge in [0.05, 0.1) is 23.9 Å². The molecule has 0 spiro atoms. The smallest absolute Gasteiger partial charge is 0.264 e. The number of aryl methyl sites for hydroxylation is 2. The van der Waals surface area contributed by atoms with Gasteiger partial charge in [-0.15, -0.1) is 0 Å². The molecule has 0 fully saturated rings. The summed E-state index contributed by atoms with van der Waals surface area (Å²) in [6, 6.07) is 7.16. The summed E-state index contributed by atoms with van der Waals surface area (Å²) in [7, 11) is 0. The molecule has 1 N–H and O–H groups in total. The number of aliphatic hydroxyl groups is 1. The number of carbonyl (C=O) groups excluding carboxylic acids is 2. The lowest BCUT2D eigenvalue weighted by atomic mass is 9.87. The Bertz CT molecular complexity index is 803. The van der Waals surface area contributed by atoms with Crippen molar-refractivity contribution in [3.05, 3.63) is 53.0 Å². The molecule has 0 unspecified atom stereocenters. The van der Waals surface area contributed by atoms with E-state index in [4.69, 9.17) is 4.42 Å². The van der Waals surface area contributed by atoms with Crippen LogP contribution < -0.4 is 4.90 Å². The average molecular weight is 341 g/mol. The third-order valence-corrected chi connectivity index (χ3v) is 4.83. The number of rotatable bonds is 6. The van der Waals surface area contributed by atoms with E-state index >= 15 is 0 Å². The number of Topliss-reactive ketones (excluding diaryl/α,β-unsaturated/α-hetero) is 1. The number of amides is 1. The molecule has 5 nitrogen and oxygen atoms in total. The van der Waals surface area contributed by atoms with Gasteiger partial charge in [-0.3, -0.25) is 9.59 Å². The molecule has 0 saturated heterocycles. The zero-order valence-electron chi connectivity index (χ0n) is 14.8. The van der Waals surface area contributed by atoms with Gasteiger partial charge in [0.2, 0.25) is 0 Å². The lowest BCUT2D eigenvalue weighted by Crippen LogP contribution is -2.42. The van der Waals surface area contributed by atoms with Crippen LogP contribution in [0.4, 0.5) is 5.69 Å². The first-order valence-corrected chi connectivity index (χ1v) is 8.62. The zero-order chi connectivity index (χ0) is 18.2. The third-order valence-electron chi connectivity index (χ3n) is 4.83. The minimum Gasteiger partial charge on any atom is -0.469 e. The van der Waals surface area contributed by atoms with Crippen LogP contribution >= 0.6 is 0 Å². The number of unbranched alkanes of at least 4 members (excludes halogenated alkanes) is 1. The molecular weight excluding hydrogens is 318 g/mol. The molecule has 3 rings (SSSR count). The van der Waals surface area contributed by atoms with E-state index in [0.717, 1.165) is 12.8 Å². The molecule has 5 heteroatoms. The van der Waals surface area contributed by atoms with Gasteiger partial charge in [0.25, 0.3) is 5.91 Å². The van der Waals surface area contributed by atoms with Crippen LogP contribution in [0.1, 0.15) is 53.4 Å². The Kier molecular flexibility index (Phi) is 4.52. The number of carbonyl (C=O) groups is 2. The Morgan fingerprint density at radius 2 is 2.00 bits per heavy atom. The van der Waals surface area contributed by atoms with Gasteiger partial charge < -0.3 is 14.4 Å². The van der Waals surface area contributed by atoms with Gasteiger partial charge in [-0.2, -0.15) is 0 Å². The highest BCUT2D eigenvalue weighted by Crippen LogP contribution is 2.43. The molecule has 0 bridgehead atoms. The number of hydrogen-bond acceptors (Lipinski definition) is 4. The molecule has 1 atom stereocenters. The molecule has 2 aromatic rings. The van der Waals surface area contributed by atoms with Crippen molar-refractivity contribution in [2.24, 2.45) is 0 Å². The molecule has 1 aliphatic heterocycles. The molecule has 2 heterocycles. The summed E-state index contributed by atoms with van der Waals surface area (Å²) in [5.41, 5.74) is 0.538. The number of benzene rings is 1. The van der Waals surface area contributed by atoms with Gasteiger partial charge in [-0.1, -0.05) is 31.5 Å². The van der Waals surface area contributed by atoms with Crippen LogP contribution in [0.3, 0.4) is 0 Å². The largest absolute Gasteiger partial charge is 0.469 e. The minimum absolute atomic E-state index is 0.285. The van der Waals surface area contributed by atoms with Crippen molar-refractivity contribution >= 4 is 17.4 Å². The van der Waals surface area contributed by atoms with E-state index in [1.807, 2.05) is 19.1 Å². The average Bonchev–Trinajstić information content (AvgIpc) is 3.02. The first-order valence-electron chi connectivity index (χ1n) is 8.62. The number of para-hydroxylation sites is 1. The number of furan rings is 1. The second kappa shape index (κ2) is 6.48. The van der Waals surface area contributed by atoms with Crippen LogP contribution in [0, 0.1) is 13.8 Å². The van der Waals surface area contributed by atoms with E-state index in [1.165, 1.54) is 6.26 Å². The summed E-state index contributed by atoms with van der Waals surface area (Å²) < 4.78 is 5.29. The first-order chi connectivity index (χ1) is 11.9. The van der Waals surface area contributed by atoms with Crippen LogP contribution in [0.5, 0.6) is 0 Å². The summed E-state index contributed by atoms with van der Waals surface area (Å²) in [4.78, 5) is 27.4. The normalized spacial score (nSPS) is 19.4. The topological polar surface area (TPSA) is 70.8 Å². The van der Waals surface area contributed by atoms with Crippen LogP contribution in [-0.2, 0) is 10.4 Å². The Labute approximate surface area is 147 Å². The molecule has 0 aliphatic carbocycles. The van der Waals surface area contributed by atoms with Crippen LogP contribution in [0.15, 0.2) is 34.9 Å². The van der Waals surface area contributed by atoms with Crippen molar-refractivity contribution < 1.29 is 19.1 Å². The highest BCUT2D eigenvalue weighted by molar-refractivity contribution is 6.11. The van der Waals surface area contributed by atoms with E-state index in [2.05, 4.69) is 0 Å². The molecular formula is C20H23NO4. The lowest BCUT2D eigenvalue weighted by molar-refractivity contribution is -0.135. The highest BCUT2D eigenvalue weighted by Gasteiger charge is 2.50. The molecule has 1 aromatic heterocycles. The monoisotopic (exact) mass is 341 g/mol. The fourth-order valence-corrected chi connectivity index (χ4v) is 3.52. The van der Waals surface area contributed by atoms with Crippen molar-refractivity contribution in [3.8, 4) is 0 Å². The Morgan fingerprint density at radius 3 is 2.64 bits per heavy atom. The van der Waals surface area contributed by atoms with E-state index in [-0.39, 0.29) is 12.2 Å². The third kappa shape index (κ3) is 2.78. The standard InChI is InChI=1S/C20H23NO4/c1-4-5-10-21-16-9-7-6-8-15(16)20(24,19(21)23)11-17(22)18-13(2)12-25-14(18)3/h6-9,12,24H,4-5,10-11H2,1-3H3/t20-/m0/s1. The van der Waals surface area contributed by atoms with Gasteiger partial charge in [0.15, 0.2) is 11.4 Å². The number of nitrogens with zero attached hydrogens (tertiary/aromatic N) is 1. The van der Waals surface area contributed by atoms with Gasteiger partial charge >= 0.3 is 0 Å². The summed E-state index contributed by atoms with van der Waals surface area (Å²) in [5.74, 6) is -0.200. The van der Waals surface area contributed by atoms with Crippen molar-refractivity contribution in [2.45, 2.75) is 45.6 Å². The minimum atomic E-state index is -1.82. The Morgan fingerprint density at radius 1 is 1.28 bits per heavy atom. The molecule has 1 amide bonds. The Balaban J connectivity index is 1.97. The summed E-state index contributed by atoms with van der Waals surface area (Å²) in [5, 5.41) is 11.2. The second-order valence-electron chi connectivity index (χ2n) is 6.64. The number of fused-ring (bicyclic) bond motifs is 1. The van der Waals surface area contributed by atoms with Gasteiger partial charge in [-0.05, 0) is 31.9 Å². The maximum absolute atomic E-state index is 13.0. The zero-order valence-corrected chi connectivity index (χ0v) is 14.8. The number of ketones is 1. The van der Waals surface area contributed by atoms with E-state index in [1.54, 1.807) is 30.9 Å². The predicted octanol–water partition coefficient (Wildman–Crippen LogP) is 3.50. The molecule has 1 aromatic carbocycles. The van der Waals surface area contributed by atoms with Crippen molar-refractivity contribution in [1.29, 1.82) is 0 Å². The molecule has 0 saturated carbocycles. The van der Waals surface area contributed by atoms with Crippen LogP contribution in [0.25, 0.3) is 0 Å². The molecule has 1 aliphatic rings. The van der Waals surface area contributed by atoms with Crippen LogP contribution in [-0.4, -0.2) is 23.3 Å². The Hall–Kier alpha value is -2.40. The first kappa shape index (κ1) is 17.4. The fourth-order valence-electron chi connectivity index (χ4n) is 3.52. The fraction of sp³-hybridized carbons (Fsp3) is 0.400. The summed E-state index contributed by atoms with van der Waals surface area (Å²) in [6.45, 7) is 6.08. The maximum Gasteiger partial charge on any atom is 0.264 e.